The second kappa shape index (κ2) is 3.22. The van der Waals surface area contributed by atoms with Crippen molar-refractivity contribution in [1.29, 1.82) is 5.26 Å². The molecule has 2 heteroatoms. The molecule has 2 fully saturated rings. The maximum atomic E-state index is 10.8. The highest BCUT2D eigenvalue weighted by Crippen LogP contribution is 2.62. The van der Waals surface area contributed by atoms with Crippen LogP contribution in [0.3, 0.4) is 0 Å². The van der Waals surface area contributed by atoms with Gasteiger partial charge < -0.3 is 5.11 Å². The van der Waals surface area contributed by atoms with E-state index in [4.69, 9.17) is 0 Å². The Bertz CT molecular complexity index is 290. The van der Waals surface area contributed by atoms with Crippen molar-refractivity contribution < 1.29 is 5.11 Å². The smallest absolute Gasteiger partial charge is 0.0862 e. The lowest BCUT2D eigenvalue weighted by atomic mass is 9.59. The first kappa shape index (κ1) is 11.0. The summed E-state index contributed by atoms with van der Waals surface area (Å²) in [5.41, 5.74) is -1.27. The number of nitrogens with zero attached hydrogens (tertiary/aromatic N) is 1. The van der Waals surface area contributed by atoms with Gasteiger partial charge in [-0.25, -0.2) is 0 Å². The molecule has 2 aliphatic carbocycles. The van der Waals surface area contributed by atoms with E-state index in [1.807, 2.05) is 6.92 Å². The van der Waals surface area contributed by atoms with Crippen molar-refractivity contribution in [2.75, 3.05) is 0 Å². The van der Waals surface area contributed by atoms with E-state index in [9.17, 15) is 10.4 Å². The molecule has 2 saturated carbocycles. The van der Waals surface area contributed by atoms with Crippen LogP contribution in [0.25, 0.3) is 0 Å². The second-order valence-electron chi connectivity index (χ2n) is 5.89. The summed E-state index contributed by atoms with van der Waals surface area (Å²) in [7, 11) is 0. The normalized spacial score (nSPS) is 31.3. The van der Waals surface area contributed by atoms with Crippen LogP contribution in [0.4, 0.5) is 0 Å². The first-order valence-corrected chi connectivity index (χ1v) is 6.11. The predicted molar refractivity (Wildman–Crippen MR) is 59.1 cm³/mol. The fraction of sp³-hybridized carbons (Fsp3) is 0.923. The molecule has 2 rings (SSSR count). The van der Waals surface area contributed by atoms with Gasteiger partial charge in [-0.15, -0.1) is 0 Å². The molecule has 0 aliphatic heterocycles. The molecule has 0 bridgehead atoms. The topological polar surface area (TPSA) is 44.0 Å². The standard InChI is InChI=1S/C13H21NO/c1-11(8-9-11)12(2,15)13(10-14)6-4-3-5-7-13/h15H,3-9H2,1-2H3. The van der Waals surface area contributed by atoms with Gasteiger partial charge in [-0.1, -0.05) is 26.2 Å². The Hall–Kier alpha value is -0.550. The van der Waals surface area contributed by atoms with Crippen LogP contribution in [0, 0.1) is 22.2 Å². The number of aliphatic hydroxyl groups is 1. The summed E-state index contributed by atoms with van der Waals surface area (Å²) >= 11 is 0. The van der Waals surface area contributed by atoms with Crippen LogP contribution >= 0.6 is 0 Å². The van der Waals surface area contributed by atoms with Gasteiger partial charge in [0.25, 0.3) is 0 Å². The molecule has 0 saturated heterocycles. The Morgan fingerprint density at radius 1 is 1.13 bits per heavy atom. The van der Waals surface area contributed by atoms with E-state index in [2.05, 4.69) is 13.0 Å². The van der Waals surface area contributed by atoms with Gasteiger partial charge in [0.15, 0.2) is 0 Å². The van der Waals surface area contributed by atoms with E-state index in [-0.39, 0.29) is 5.41 Å². The number of rotatable bonds is 2. The Balaban J connectivity index is 2.29. The van der Waals surface area contributed by atoms with Gasteiger partial charge in [0.1, 0.15) is 0 Å². The lowest BCUT2D eigenvalue weighted by molar-refractivity contribution is -0.107. The maximum absolute atomic E-state index is 10.8. The summed E-state index contributed by atoms with van der Waals surface area (Å²) in [6.07, 6.45) is 7.32. The van der Waals surface area contributed by atoms with Gasteiger partial charge in [0.05, 0.1) is 17.1 Å². The lowest BCUT2D eigenvalue weighted by Gasteiger charge is -2.46. The van der Waals surface area contributed by atoms with Crippen molar-refractivity contribution in [2.45, 2.75) is 64.4 Å². The molecule has 2 nitrogen and oxygen atoms in total. The lowest BCUT2D eigenvalue weighted by Crippen LogP contribution is -2.52. The molecule has 0 aromatic heterocycles. The minimum Gasteiger partial charge on any atom is -0.388 e. The summed E-state index contributed by atoms with van der Waals surface area (Å²) in [4.78, 5) is 0. The first-order chi connectivity index (χ1) is 6.97. The van der Waals surface area contributed by atoms with Gasteiger partial charge >= 0.3 is 0 Å². The molecule has 0 amide bonds. The molecule has 1 unspecified atom stereocenters. The van der Waals surface area contributed by atoms with Crippen LogP contribution in [0.2, 0.25) is 0 Å². The van der Waals surface area contributed by atoms with Crippen molar-refractivity contribution in [3.05, 3.63) is 0 Å². The van der Waals surface area contributed by atoms with Gasteiger partial charge in [-0.2, -0.15) is 5.26 Å². The largest absolute Gasteiger partial charge is 0.388 e. The molecular formula is C13H21NO. The number of nitriles is 1. The zero-order valence-corrected chi connectivity index (χ0v) is 9.84. The van der Waals surface area contributed by atoms with Crippen molar-refractivity contribution in [3.63, 3.8) is 0 Å². The van der Waals surface area contributed by atoms with Gasteiger partial charge in [0, 0.05) is 0 Å². The highest BCUT2D eigenvalue weighted by molar-refractivity contribution is 5.19. The molecule has 2 aliphatic rings. The molecule has 84 valence electrons. The molecular weight excluding hydrogens is 186 g/mol. The van der Waals surface area contributed by atoms with Gasteiger partial charge in [-0.05, 0) is 38.0 Å². The highest BCUT2D eigenvalue weighted by Gasteiger charge is 2.62. The summed E-state index contributed by atoms with van der Waals surface area (Å²) in [6, 6.07) is 2.45. The monoisotopic (exact) mass is 207 g/mol. The fourth-order valence-corrected chi connectivity index (χ4v) is 3.11. The molecule has 0 spiro atoms. The predicted octanol–water partition coefficient (Wildman–Crippen LogP) is 3.01. The van der Waals surface area contributed by atoms with Crippen LogP contribution in [-0.4, -0.2) is 10.7 Å². The van der Waals surface area contributed by atoms with E-state index in [0.717, 1.165) is 38.5 Å². The van der Waals surface area contributed by atoms with Crippen molar-refractivity contribution in [3.8, 4) is 6.07 Å². The zero-order valence-electron chi connectivity index (χ0n) is 9.84. The van der Waals surface area contributed by atoms with E-state index >= 15 is 0 Å². The minimum absolute atomic E-state index is 0.0000694. The Kier molecular flexibility index (Phi) is 2.35. The summed E-state index contributed by atoms with van der Waals surface area (Å²) < 4.78 is 0. The SMILES string of the molecule is CC1(C(C)(O)C2(C#N)CCCCC2)CC1. The van der Waals surface area contributed by atoms with E-state index in [0.29, 0.717) is 0 Å². The summed E-state index contributed by atoms with van der Waals surface area (Å²) in [5, 5.41) is 20.2. The zero-order chi connectivity index (χ0) is 11.2. The third-order valence-corrected chi connectivity index (χ3v) is 5.03. The molecule has 1 N–H and O–H groups in total. The number of hydrogen-bond donors (Lipinski definition) is 1. The average molecular weight is 207 g/mol. The first-order valence-electron chi connectivity index (χ1n) is 6.11. The Morgan fingerprint density at radius 2 is 1.67 bits per heavy atom. The molecule has 0 aromatic carbocycles. The second-order valence-corrected chi connectivity index (χ2v) is 5.89. The average Bonchev–Trinajstić information content (AvgIpc) is 2.99. The maximum Gasteiger partial charge on any atom is 0.0862 e. The van der Waals surface area contributed by atoms with Crippen LogP contribution in [0.1, 0.15) is 58.8 Å². The summed E-state index contributed by atoms with van der Waals surface area (Å²) in [6.45, 7) is 4.02. The molecule has 15 heavy (non-hydrogen) atoms. The van der Waals surface area contributed by atoms with Crippen molar-refractivity contribution >= 4 is 0 Å². The quantitative estimate of drug-likeness (QED) is 0.756. The Morgan fingerprint density at radius 3 is 2.07 bits per heavy atom. The van der Waals surface area contributed by atoms with Crippen LogP contribution in [-0.2, 0) is 0 Å². The Labute approximate surface area is 92.3 Å². The number of hydrogen-bond acceptors (Lipinski definition) is 2. The van der Waals surface area contributed by atoms with E-state index in [1.165, 1.54) is 6.42 Å². The molecule has 0 radical (unpaired) electrons. The van der Waals surface area contributed by atoms with E-state index in [1.54, 1.807) is 0 Å². The molecule has 1 atom stereocenters. The van der Waals surface area contributed by atoms with Gasteiger partial charge in [0.2, 0.25) is 0 Å². The summed E-state index contributed by atoms with van der Waals surface area (Å²) in [5.74, 6) is 0. The third-order valence-electron chi connectivity index (χ3n) is 5.03. The van der Waals surface area contributed by atoms with Crippen LogP contribution < -0.4 is 0 Å². The minimum atomic E-state index is -0.796. The molecule has 0 aromatic rings. The van der Waals surface area contributed by atoms with Crippen molar-refractivity contribution in [1.82, 2.24) is 0 Å². The fourth-order valence-electron chi connectivity index (χ4n) is 3.11. The van der Waals surface area contributed by atoms with Crippen LogP contribution in [0.5, 0.6) is 0 Å². The van der Waals surface area contributed by atoms with Crippen molar-refractivity contribution in [2.24, 2.45) is 10.8 Å². The van der Waals surface area contributed by atoms with E-state index < -0.39 is 11.0 Å². The highest BCUT2D eigenvalue weighted by atomic mass is 16.3. The van der Waals surface area contributed by atoms with Crippen LogP contribution in [0.15, 0.2) is 0 Å². The third kappa shape index (κ3) is 1.40. The molecule has 0 heterocycles. The van der Waals surface area contributed by atoms with Gasteiger partial charge in [-0.3, -0.25) is 0 Å².